The van der Waals surface area contributed by atoms with Gasteiger partial charge in [-0.15, -0.1) is 10.2 Å². The second-order valence-corrected chi connectivity index (χ2v) is 9.03. The molecule has 1 aromatic carbocycles. The molecule has 0 spiro atoms. The zero-order valence-corrected chi connectivity index (χ0v) is 18.6. The predicted molar refractivity (Wildman–Crippen MR) is 119 cm³/mol. The van der Waals surface area contributed by atoms with Crippen LogP contribution in [0.1, 0.15) is 45.3 Å². The number of amides is 1. The number of nitrogens with zero attached hydrogens (tertiary/aromatic N) is 4. The quantitative estimate of drug-likeness (QED) is 0.515. The van der Waals surface area contributed by atoms with Crippen molar-refractivity contribution in [2.45, 2.75) is 62.9 Å². The number of carbonyl (C=O) groups excluding carboxylic acids is 1. The first kappa shape index (κ1) is 20.7. The van der Waals surface area contributed by atoms with Crippen LogP contribution in [0.3, 0.4) is 0 Å². The van der Waals surface area contributed by atoms with E-state index in [1.54, 1.807) is 6.26 Å². The van der Waals surface area contributed by atoms with Crippen molar-refractivity contribution in [1.82, 2.24) is 19.7 Å². The lowest BCUT2D eigenvalue weighted by atomic mass is 10.00. The van der Waals surface area contributed by atoms with Crippen molar-refractivity contribution in [2.75, 3.05) is 6.54 Å². The Morgan fingerprint density at radius 1 is 1.23 bits per heavy atom. The van der Waals surface area contributed by atoms with Crippen LogP contribution in [-0.2, 0) is 4.79 Å². The standard InChI is InChI=1S/C23H28N4O2S/c1-4-18-10-8-9-14-26(18)22(28)17(3)30-23-25-24-21(20-13-15-29-16(20)2)27(23)19-11-6-5-7-12-19/h5-7,11-13,15,17-18H,4,8-10,14H2,1-3H3. The molecule has 30 heavy (non-hydrogen) atoms. The summed E-state index contributed by atoms with van der Waals surface area (Å²) in [6, 6.07) is 12.3. The average molecular weight is 425 g/mol. The summed E-state index contributed by atoms with van der Waals surface area (Å²) in [5.41, 5.74) is 1.86. The first-order valence-corrected chi connectivity index (χ1v) is 11.5. The van der Waals surface area contributed by atoms with Gasteiger partial charge in [0.2, 0.25) is 5.91 Å². The van der Waals surface area contributed by atoms with Gasteiger partial charge in [-0.25, -0.2) is 0 Å². The third-order valence-corrected chi connectivity index (χ3v) is 6.79. The highest BCUT2D eigenvalue weighted by atomic mass is 32.2. The van der Waals surface area contributed by atoms with E-state index >= 15 is 0 Å². The van der Waals surface area contributed by atoms with E-state index in [1.807, 2.05) is 54.8 Å². The first-order valence-electron chi connectivity index (χ1n) is 10.6. The molecular formula is C23H28N4O2S. The van der Waals surface area contributed by atoms with Gasteiger partial charge in [0, 0.05) is 18.3 Å². The summed E-state index contributed by atoms with van der Waals surface area (Å²) in [4.78, 5) is 15.3. The molecule has 1 saturated heterocycles. The lowest BCUT2D eigenvalue weighted by Gasteiger charge is -2.36. The molecule has 2 unspecified atom stereocenters. The highest BCUT2D eigenvalue weighted by Crippen LogP contribution is 2.33. The number of hydrogen-bond acceptors (Lipinski definition) is 5. The van der Waals surface area contributed by atoms with Crippen LogP contribution >= 0.6 is 11.8 Å². The van der Waals surface area contributed by atoms with Gasteiger partial charge in [0.05, 0.1) is 17.1 Å². The number of thioether (sulfide) groups is 1. The monoisotopic (exact) mass is 424 g/mol. The van der Waals surface area contributed by atoms with E-state index in [4.69, 9.17) is 4.42 Å². The van der Waals surface area contributed by atoms with Gasteiger partial charge in [-0.3, -0.25) is 9.36 Å². The second kappa shape index (κ2) is 9.08. The number of piperidine rings is 1. The molecule has 1 aliphatic rings. The third-order valence-electron chi connectivity index (χ3n) is 5.76. The van der Waals surface area contributed by atoms with Gasteiger partial charge >= 0.3 is 0 Å². The van der Waals surface area contributed by atoms with Crippen molar-refractivity contribution in [3.63, 3.8) is 0 Å². The molecule has 3 aromatic rings. The van der Waals surface area contributed by atoms with Crippen LogP contribution in [0.25, 0.3) is 17.1 Å². The van der Waals surface area contributed by atoms with Crippen LogP contribution < -0.4 is 0 Å². The smallest absolute Gasteiger partial charge is 0.236 e. The Hall–Kier alpha value is -2.54. The molecule has 0 saturated carbocycles. The molecule has 1 fully saturated rings. The van der Waals surface area contributed by atoms with Crippen LogP contribution in [0.4, 0.5) is 0 Å². The zero-order chi connectivity index (χ0) is 21.1. The van der Waals surface area contributed by atoms with E-state index in [0.717, 1.165) is 48.6 Å². The summed E-state index contributed by atoms with van der Waals surface area (Å²) in [5.74, 6) is 1.70. The normalized spacial score (nSPS) is 17.8. The maximum atomic E-state index is 13.2. The molecule has 4 rings (SSSR count). The Morgan fingerprint density at radius 2 is 2.03 bits per heavy atom. The fraction of sp³-hybridized carbons (Fsp3) is 0.435. The minimum atomic E-state index is -0.234. The number of hydrogen-bond donors (Lipinski definition) is 0. The minimum Gasteiger partial charge on any atom is -0.469 e. The fourth-order valence-corrected chi connectivity index (χ4v) is 5.04. The fourth-order valence-electron chi connectivity index (χ4n) is 4.10. The van der Waals surface area contributed by atoms with Crippen LogP contribution in [-0.4, -0.2) is 43.4 Å². The molecule has 0 N–H and O–H groups in total. The van der Waals surface area contributed by atoms with Crippen LogP contribution in [0.15, 0.2) is 52.2 Å². The topological polar surface area (TPSA) is 64.2 Å². The Balaban J connectivity index is 1.65. The molecule has 158 valence electrons. The number of likely N-dealkylation sites (tertiary alicyclic amines) is 1. The Bertz CT molecular complexity index is 998. The summed E-state index contributed by atoms with van der Waals surface area (Å²) in [7, 11) is 0. The third kappa shape index (κ3) is 4.03. The number of benzene rings is 1. The van der Waals surface area contributed by atoms with Crippen molar-refractivity contribution in [2.24, 2.45) is 0 Å². The highest BCUT2D eigenvalue weighted by molar-refractivity contribution is 8.00. The number of rotatable bonds is 6. The van der Waals surface area contributed by atoms with Gasteiger partial charge in [0.1, 0.15) is 5.76 Å². The largest absolute Gasteiger partial charge is 0.469 e. The van der Waals surface area contributed by atoms with Crippen molar-refractivity contribution >= 4 is 17.7 Å². The SMILES string of the molecule is CCC1CCCCN1C(=O)C(C)Sc1nnc(-c2ccoc2C)n1-c1ccccc1. The Kier molecular flexibility index (Phi) is 6.27. The molecule has 2 aromatic heterocycles. The van der Waals surface area contributed by atoms with E-state index in [2.05, 4.69) is 22.0 Å². The molecule has 0 bridgehead atoms. The summed E-state index contributed by atoms with van der Waals surface area (Å²) in [5, 5.41) is 9.40. The van der Waals surface area contributed by atoms with Gasteiger partial charge in [0.15, 0.2) is 11.0 Å². The van der Waals surface area contributed by atoms with Crippen molar-refractivity contribution in [3.8, 4) is 17.1 Å². The van der Waals surface area contributed by atoms with Gasteiger partial charge in [-0.05, 0) is 57.7 Å². The molecule has 3 heterocycles. The Morgan fingerprint density at radius 3 is 2.73 bits per heavy atom. The summed E-state index contributed by atoms with van der Waals surface area (Å²) in [6.45, 7) is 6.91. The maximum absolute atomic E-state index is 13.2. The van der Waals surface area contributed by atoms with Gasteiger partial charge in [-0.2, -0.15) is 0 Å². The number of para-hydroxylation sites is 1. The minimum absolute atomic E-state index is 0.190. The maximum Gasteiger partial charge on any atom is 0.236 e. The van der Waals surface area contributed by atoms with Crippen molar-refractivity contribution < 1.29 is 9.21 Å². The van der Waals surface area contributed by atoms with Crippen LogP contribution in [0.5, 0.6) is 0 Å². The van der Waals surface area contributed by atoms with Crippen molar-refractivity contribution in [1.29, 1.82) is 0 Å². The summed E-state index contributed by atoms with van der Waals surface area (Å²) < 4.78 is 7.51. The van der Waals surface area contributed by atoms with Crippen LogP contribution in [0, 0.1) is 6.92 Å². The van der Waals surface area contributed by atoms with Crippen molar-refractivity contribution in [3.05, 3.63) is 48.4 Å². The molecule has 0 radical (unpaired) electrons. The lowest BCUT2D eigenvalue weighted by molar-refractivity contribution is -0.134. The molecule has 2 atom stereocenters. The number of carbonyl (C=O) groups is 1. The van der Waals surface area contributed by atoms with Gasteiger partial charge < -0.3 is 9.32 Å². The summed E-state index contributed by atoms with van der Waals surface area (Å²) >= 11 is 1.47. The molecule has 6 nitrogen and oxygen atoms in total. The van der Waals surface area contributed by atoms with E-state index in [1.165, 1.54) is 18.2 Å². The molecule has 7 heteroatoms. The van der Waals surface area contributed by atoms with E-state index in [9.17, 15) is 4.79 Å². The molecule has 1 amide bonds. The lowest BCUT2D eigenvalue weighted by Crippen LogP contribution is -2.46. The van der Waals surface area contributed by atoms with Gasteiger partial charge in [0.25, 0.3) is 0 Å². The van der Waals surface area contributed by atoms with E-state index in [0.29, 0.717) is 11.2 Å². The average Bonchev–Trinajstić information content (AvgIpc) is 3.39. The number of aromatic nitrogens is 3. The second-order valence-electron chi connectivity index (χ2n) is 7.72. The number of furan rings is 1. The molecule has 0 aliphatic carbocycles. The van der Waals surface area contributed by atoms with E-state index < -0.39 is 0 Å². The highest BCUT2D eigenvalue weighted by Gasteiger charge is 2.30. The predicted octanol–water partition coefficient (Wildman–Crippen LogP) is 5.11. The van der Waals surface area contributed by atoms with E-state index in [-0.39, 0.29) is 11.2 Å². The zero-order valence-electron chi connectivity index (χ0n) is 17.7. The molecule has 1 aliphatic heterocycles. The summed E-state index contributed by atoms with van der Waals surface area (Å²) in [6.07, 6.45) is 6.06. The van der Waals surface area contributed by atoms with Gasteiger partial charge in [-0.1, -0.05) is 36.9 Å². The Labute approximate surface area is 181 Å². The van der Waals surface area contributed by atoms with Crippen LogP contribution in [0.2, 0.25) is 0 Å². The number of aryl methyl sites for hydroxylation is 1. The first-order chi connectivity index (χ1) is 14.6. The molecular weight excluding hydrogens is 396 g/mol.